The predicted octanol–water partition coefficient (Wildman–Crippen LogP) is 4.71. The molecular formula is C22H14Cl3N3O4. The normalized spacial score (nSPS) is 14.9. The molecule has 0 atom stereocenters. The number of carboxylic acids is 1. The zero-order chi connectivity index (χ0) is 23.0. The number of nitrogens with zero attached hydrogens (tertiary/aromatic N) is 2. The lowest BCUT2D eigenvalue weighted by Gasteiger charge is -2.09. The molecule has 4 rings (SSSR count). The number of halogens is 3. The van der Waals surface area contributed by atoms with Crippen molar-refractivity contribution in [3.05, 3.63) is 79.3 Å². The van der Waals surface area contributed by atoms with Crippen LogP contribution in [0.1, 0.15) is 17.8 Å². The van der Waals surface area contributed by atoms with Crippen LogP contribution in [0.4, 0.5) is 5.69 Å². The van der Waals surface area contributed by atoms with Crippen LogP contribution in [0.3, 0.4) is 0 Å². The number of hydrogen-bond acceptors (Lipinski definition) is 4. The van der Waals surface area contributed by atoms with Crippen LogP contribution in [0.2, 0.25) is 5.02 Å². The zero-order valence-electron chi connectivity index (χ0n) is 16.2. The van der Waals surface area contributed by atoms with Crippen LogP contribution in [0.5, 0.6) is 0 Å². The number of anilines is 1. The number of fused-ring (bicyclic) bond motifs is 2. The second kappa shape index (κ2) is 8.78. The van der Waals surface area contributed by atoms with Crippen molar-refractivity contribution in [2.75, 3.05) is 5.32 Å². The van der Waals surface area contributed by atoms with Gasteiger partial charge >= 0.3 is 5.97 Å². The lowest BCUT2D eigenvalue weighted by molar-refractivity contribution is -0.132. The van der Waals surface area contributed by atoms with Crippen molar-refractivity contribution in [3.8, 4) is 0 Å². The Morgan fingerprint density at radius 1 is 1.12 bits per heavy atom. The summed E-state index contributed by atoms with van der Waals surface area (Å²) in [4.78, 5) is 40.7. The molecule has 32 heavy (non-hydrogen) atoms. The highest BCUT2D eigenvalue weighted by molar-refractivity contribution is 6.54. The highest BCUT2D eigenvalue weighted by Crippen LogP contribution is 2.30. The minimum Gasteiger partial charge on any atom is -0.477 e. The van der Waals surface area contributed by atoms with Gasteiger partial charge in [-0.25, -0.2) is 9.78 Å². The molecule has 7 nitrogen and oxygen atoms in total. The van der Waals surface area contributed by atoms with Crippen LogP contribution < -0.4 is 10.9 Å². The molecule has 2 aromatic carbocycles. The molecule has 162 valence electrons. The number of aliphatic carboxylic acids is 1. The highest BCUT2D eigenvalue weighted by atomic mass is 35.5. The Labute approximate surface area is 196 Å². The number of carbonyl (C=O) groups is 2. The number of carboxylic acid groups (broad SMARTS) is 1. The summed E-state index contributed by atoms with van der Waals surface area (Å²) in [6.07, 6.45) is 2.53. The first-order valence-corrected chi connectivity index (χ1v) is 10.5. The molecule has 0 fully saturated rings. The van der Waals surface area contributed by atoms with E-state index >= 15 is 0 Å². The van der Waals surface area contributed by atoms with Gasteiger partial charge in [0.15, 0.2) is 0 Å². The molecule has 1 aromatic heterocycles. The van der Waals surface area contributed by atoms with Crippen molar-refractivity contribution in [1.82, 2.24) is 9.55 Å². The molecule has 0 saturated carbocycles. The van der Waals surface area contributed by atoms with E-state index in [4.69, 9.17) is 39.9 Å². The fourth-order valence-corrected chi connectivity index (χ4v) is 3.80. The number of nitrogens with one attached hydrogen (secondary N) is 1. The van der Waals surface area contributed by atoms with Gasteiger partial charge in [0.05, 0.1) is 10.9 Å². The van der Waals surface area contributed by atoms with E-state index in [-0.39, 0.29) is 11.2 Å². The van der Waals surface area contributed by atoms with E-state index in [1.165, 1.54) is 12.1 Å². The number of allylic oxidation sites excluding steroid dienone is 1. The van der Waals surface area contributed by atoms with Crippen LogP contribution >= 0.6 is 34.8 Å². The number of carbonyl (C=O) groups excluding carboxylic acids is 1. The van der Waals surface area contributed by atoms with Gasteiger partial charge in [-0.15, -0.1) is 0 Å². The summed E-state index contributed by atoms with van der Waals surface area (Å²) < 4.78 is 1.61. The standard InChI is InChI=1S/C22H14Cl3N3O4/c23-15-4-2-1-3-11(15)9-12-7-8-28-19(12)27-16-10-13(5-6-14(16)21(28)30)26-20(29)17(24)18(25)22(31)32/h1-6,9-10H,7-8H2,(H,26,29)(H,31,32)/b12-9+,18-17-. The third-order valence-corrected chi connectivity index (χ3v) is 6.07. The predicted molar refractivity (Wildman–Crippen MR) is 125 cm³/mol. The van der Waals surface area contributed by atoms with Crippen molar-refractivity contribution in [2.45, 2.75) is 13.0 Å². The zero-order valence-corrected chi connectivity index (χ0v) is 18.5. The van der Waals surface area contributed by atoms with E-state index in [2.05, 4.69) is 10.3 Å². The summed E-state index contributed by atoms with van der Waals surface area (Å²) in [6.45, 7) is 0.500. The van der Waals surface area contributed by atoms with E-state index in [0.717, 1.165) is 11.1 Å². The van der Waals surface area contributed by atoms with E-state index in [1.807, 2.05) is 24.3 Å². The van der Waals surface area contributed by atoms with E-state index in [0.29, 0.717) is 34.7 Å². The molecular weight excluding hydrogens is 477 g/mol. The average molecular weight is 491 g/mol. The maximum Gasteiger partial charge on any atom is 0.349 e. The minimum absolute atomic E-state index is 0.197. The minimum atomic E-state index is -1.52. The van der Waals surface area contributed by atoms with Gasteiger partial charge in [-0.05, 0) is 47.9 Å². The SMILES string of the molecule is O=C(O)/C(Cl)=C(/Cl)C(=O)Nc1ccc2c(=O)n3c(nc2c1)/C(=C/c1ccccc1Cl)CC3. The average Bonchev–Trinajstić information content (AvgIpc) is 3.17. The van der Waals surface area contributed by atoms with Crippen LogP contribution in [-0.2, 0) is 16.1 Å². The van der Waals surface area contributed by atoms with Gasteiger partial charge in [-0.3, -0.25) is 14.2 Å². The second-order valence-electron chi connectivity index (χ2n) is 6.95. The number of amides is 1. The van der Waals surface area contributed by atoms with Crippen LogP contribution in [-0.4, -0.2) is 26.5 Å². The Morgan fingerprint density at radius 2 is 1.88 bits per heavy atom. The van der Waals surface area contributed by atoms with Crippen molar-refractivity contribution < 1.29 is 14.7 Å². The summed E-state index contributed by atoms with van der Waals surface area (Å²) in [6, 6.07) is 11.9. The number of benzene rings is 2. The van der Waals surface area contributed by atoms with Crippen LogP contribution in [0, 0.1) is 0 Å². The first-order chi connectivity index (χ1) is 15.3. The molecule has 0 unspecified atom stereocenters. The van der Waals surface area contributed by atoms with Crippen molar-refractivity contribution in [3.63, 3.8) is 0 Å². The molecule has 2 N–H and O–H groups in total. The molecule has 3 aromatic rings. The van der Waals surface area contributed by atoms with Gasteiger partial charge in [0.25, 0.3) is 11.5 Å². The molecule has 1 aliphatic rings. The summed E-state index contributed by atoms with van der Waals surface area (Å²) in [7, 11) is 0. The number of rotatable bonds is 4. The number of hydrogen-bond donors (Lipinski definition) is 2. The summed E-state index contributed by atoms with van der Waals surface area (Å²) >= 11 is 17.5. The lowest BCUT2D eigenvalue weighted by Crippen LogP contribution is -2.21. The molecule has 1 amide bonds. The molecule has 10 heteroatoms. The summed E-state index contributed by atoms with van der Waals surface area (Å²) in [5, 5.41) is 10.8. The maximum absolute atomic E-state index is 13.0. The molecule has 2 heterocycles. The quantitative estimate of drug-likeness (QED) is 0.516. The van der Waals surface area contributed by atoms with Crippen molar-refractivity contribution in [1.29, 1.82) is 0 Å². The first kappa shape index (κ1) is 22.1. The van der Waals surface area contributed by atoms with Gasteiger partial charge < -0.3 is 10.4 Å². The Hall–Kier alpha value is -3.13. The molecule has 0 spiro atoms. The fraction of sp³-hybridized carbons (Fsp3) is 0.0909. The highest BCUT2D eigenvalue weighted by Gasteiger charge is 2.22. The van der Waals surface area contributed by atoms with Crippen LogP contribution in [0.15, 0.2) is 57.3 Å². The first-order valence-electron chi connectivity index (χ1n) is 9.36. The molecule has 1 aliphatic heterocycles. The molecule has 0 aliphatic carbocycles. The van der Waals surface area contributed by atoms with E-state index < -0.39 is 21.9 Å². The smallest absolute Gasteiger partial charge is 0.349 e. The topological polar surface area (TPSA) is 101 Å². The third kappa shape index (κ3) is 4.14. The Kier molecular flexibility index (Phi) is 6.06. The van der Waals surface area contributed by atoms with Crippen LogP contribution in [0.25, 0.3) is 22.6 Å². The largest absolute Gasteiger partial charge is 0.477 e. The summed E-state index contributed by atoms with van der Waals surface area (Å²) in [5.41, 5.74) is 2.14. The Balaban J connectivity index is 1.74. The molecule has 0 radical (unpaired) electrons. The van der Waals surface area contributed by atoms with Crippen molar-refractivity contribution in [2.24, 2.45) is 0 Å². The number of aromatic nitrogens is 2. The molecule has 0 bridgehead atoms. The maximum atomic E-state index is 13.0. The lowest BCUT2D eigenvalue weighted by atomic mass is 10.1. The third-order valence-electron chi connectivity index (χ3n) is 4.92. The molecule has 0 saturated heterocycles. The van der Waals surface area contributed by atoms with E-state index in [9.17, 15) is 14.4 Å². The van der Waals surface area contributed by atoms with Gasteiger partial charge in [0.2, 0.25) is 0 Å². The fourth-order valence-electron chi connectivity index (χ4n) is 3.39. The second-order valence-corrected chi connectivity index (χ2v) is 8.12. The van der Waals surface area contributed by atoms with E-state index in [1.54, 1.807) is 16.7 Å². The summed E-state index contributed by atoms with van der Waals surface area (Å²) in [5.74, 6) is -1.89. The van der Waals surface area contributed by atoms with Crippen molar-refractivity contribution >= 4 is 74.9 Å². The van der Waals surface area contributed by atoms with Gasteiger partial charge in [-0.1, -0.05) is 53.0 Å². The Bertz CT molecular complexity index is 1410. The Morgan fingerprint density at radius 3 is 2.59 bits per heavy atom. The van der Waals surface area contributed by atoms with Gasteiger partial charge in [0, 0.05) is 17.3 Å². The van der Waals surface area contributed by atoms with Gasteiger partial charge in [0.1, 0.15) is 15.9 Å². The van der Waals surface area contributed by atoms with Gasteiger partial charge in [-0.2, -0.15) is 0 Å². The monoisotopic (exact) mass is 489 g/mol.